The summed E-state index contributed by atoms with van der Waals surface area (Å²) in [6, 6.07) is 21.2. The lowest BCUT2D eigenvalue weighted by molar-refractivity contribution is -0.116. The smallest absolute Gasteiger partial charge is 0.223 e. The Hall–Kier alpha value is -3.40. The van der Waals surface area contributed by atoms with Crippen molar-refractivity contribution in [1.82, 2.24) is 9.55 Å². The van der Waals surface area contributed by atoms with E-state index >= 15 is 0 Å². The standard InChI is InChI=1S/C26H27N3O/c1-5-19-9-11-20(12-10-19)13-23-16-26-22(17-27-23)15-25(29(26)4)21-7-6-8-24(14-21)28(3)18(2)30/h6-12,14-17H,5,13H2,1-4H3. The first-order chi connectivity index (χ1) is 14.5. The second-order valence-electron chi connectivity index (χ2n) is 7.80. The number of carbonyl (C=O) groups is 1. The van der Waals surface area contributed by atoms with E-state index < -0.39 is 0 Å². The highest BCUT2D eigenvalue weighted by Crippen LogP contribution is 2.30. The number of carbonyl (C=O) groups excluding carboxylic acids is 1. The molecular weight excluding hydrogens is 370 g/mol. The van der Waals surface area contributed by atoms with Gasteiger partial charge in [0.25, 0.3) is 0 Å². The topological polar surface area (TPSA) is 38.1 Å². The van der Waals surface area contributed by atoms with Crippen molar-refractivity contribution in [2.24, 2.45) is 7.05 Å². The molecule has 0 fully saturated rings. The quantitative estimate of drug-likeness (QED) is 0.454. The molecule has 0 spiro atoms. The molecule has 0 N–H and O–H groups in total. The minimum Gasteiger partial charge on any atom is -0.344 e. The van der Waals surface area contributed by atoms with E-state index in [2.05, 4.69) is 67.1 Å². The van der Waals surface area contributed by atoms with Gasteiger partial charge in [-0.25, -0.2) is 0 Å². The molecule has 0 atom stereocenters. The molecule has 4 rings (SSSR count). The molecule has 152 valence electrons. The molecule has 0 aliphatic carbocycles. The Morgan fingerprint density at radius 2 is 1.77 bits per heavy atom. The molecular formula is C26H27N3O. The van der Waals surface area contributed by atoms with Crippen LogP contribution in [0.15, 0.2) is 66.9 Å². The SMILES string of the molecule is CCc1ccc(Cc2cc3c(cn2)cc(-c2cccc(N(C)C(C)=O)c2)n3C)cc1. The molecule has 2 heterocycles. The van der Waals surface area contributed by atoms with Crippen LogP contribution in [0.5, 0.6) is 0 Å². The van der Waals surface area contributed by atoms with Crippen molar-refractivity contribution in [3.8, 4) is 11.3 Å². The van der Waals surface area contributed by atoms with E-state index in [0.717, 1.165) is 46.4 Å². The molecule has 0 aliphatic heterocycles. The fourth-order valence-corrected chi connectivity index (χ4v) is 3.80. The van der Waals surface area contributed by atoms with Crippen molar-refractivity contribution >= 4 is 22.5 Å². The summed E-state index contributed by atoms with van der Waals surface area (Å²) < 4.78 is 2.20. The number of pyridine rings is 1. The molecule has 30 heavy (non-hydrogen) atoms. The molecule has 4 nitrogen and oxygen atoms in total. The summed E-state index contributed by atoms with van der Waals surface area (Å²) in [6.45, 7) is 3.75. The van der Waals surface area contributed by atoms with Crippen molar-refractivity contribution in [2.75, 3.05) is 11.9 Å². The van der Waals surface area contributed by atoms with Gasteiger partial charge in [0.15, 0.2) is 0 Å². The van der Waals surface area contributed by atoms with E-state index in [1.807, 2.05) is 18.3 Å². The summed E-state index contributed by atoms with van der Waals surface area (Å²) in [4.78, 5) is 18.1. The number of fused-ring (bicyclic) bond motifs is 1. The van der Waals surface area contributed by atoms with Crippen LogP contribution >= 0.6 is 0 Å². The highest BCUT2D eigenvalue weighted by Gasteiger charge is 2.12. The second-order valence-corrected chi connectivity index (χ2v) is 7.80. The van der Waals surface area contributed by atoms with Gasteiger partial charge in [0, 0.05) is 61.7 Å². The molecule has 1 amide bonds. The van der Waals surface area contributed by atoms with Gasteiger partial charge >= 0.3 is 0 Å². The van der Waals surface area contributed by atoms with Crippen molar-refractivity contribution in [2.45, 2.75) is 26.7 Å². The summed E-state index contributed by atoms with van der Waals surface area (Å²) in [5.41, 5.74) is 7.92. The van der Waals surface area contributed by atoms with Gasteiger partial charge in [0.05, 0.1) is 5.52 Å². The van der Waals surface area contributed by atoms with Gasteiger partial charge in [0.1, 0.15) is 0 Å². The summed E-state index contributed by atoms with van der Waals surface area (Å²) in [5, 5.41) is 1.11. The summed E-state index contributed by atoms with van der Waals surface area (Å²) in [7, 11) is 3.88. The second kappa shape index (κ2) is 8.15. The fraction of sp³-hybridized carbons (Fsp3) is 0.231. The molecule has 0 radical (unpaired) electrons. The molecule has 0 unspecified atom stereocenters. The minimum absolute atomic E-state index is 0.0185. The number of hydrogen-bond acceptors (Lipinski definition) is 2. The highest BCUT2D eigenvalue weighted by molar-refractivity contribution is 5.92. The predicted molar refractivity (Wildman–Crippen MR) is 124 cm³/mol. The van der Waals surface area contributed by atoms with Crippen LogP contribution in [0.2, 0.25) is 0 Å². The molecule has 2 aromatic heterocycles. The number of anilines is 1. The van der Waals surface area contributed by atoms with Crippen molar-refractivity contribution in [3.63, 3.8) is 0 Å². The summed E-state index contributed by atoms with van der Waals surface area (Å²) in [6.07, 6.45) is 3.83. The molecule has 0 saturated heterocycles. The molecule has 4 aromatic rings. The Morgan fingerprint density at radius 1 is 1.03 bits per heavy atom. The third-order valence-corrected chi connectivity index (χ3v) is 5.80. The van der Waals surface area contributed by atoms with Crippen LogP contribution in [-0.4, -0.2) is 22.5 Å². The summed E-state index contributed by atoms with van der Waals surface area (Å²) in [5.74, 6) is 0.0185. The molecule has 4 heteroatoms. The number of nitrogens with zero attached hydrogens (tertiary/aromatic N) is 3. The van der Waals surface area contributed by atoms with Gasteiger partial charge in [-0.15, -0.1) is 0 Å². The van der Waals surface area contributed by atoms with Gasteiger partial charge in [-0.05, 0) is 41.8 Å². The van der Waals surface area contributed by atoms with Gasteiger partial charge in [0.2, 0.25) is 5.91 Å². The van der Waals surface area contributed by atoms with E-state index in [1.54, 1.807) is 18.9 Å². The zero-order valence-corrected chi connectivity index (χ0v) is 18.0. The average molecular weight is 398 g/mol. The lowest BCUT2D eigenvalue weighted by atomic mass is 10.1. The predicted octanol–water partition coefficient (Wildman–Crippen LogP) is 5.38. The Balaban J connectivity index is 1.67. The number of aryl methyl sites for hydroxylation is 2. The van der Waals surface area contributed by atoms with E-state index in [-0.39, 0.29) is 5.91 Å². The normalized spacial score (nSPS) is 11.1. The van der Waals surface area contributed by atoms with E-state index in [1.165, 1.54) is 11.1 Å². The molecule has 0 aliphatic rings. The van der Waals surface area contributed by atoms with Crippen LogP contribution in [0.1, 0.15) is 30.7 Å². The minimum atomic E-state index is 0.0185. The lowest BCUT2D eigenvalue weighted by Crippen LogP contribution is -2.22. The Bertz CT molecular complexity index is 1200. The highest BCUT2D eigenvalue weighted by atomic mass is 16.2. The fourth-order valence-electron chi connectivity index (χ4n) is 3.80. The van der Waals surface area contributed by atoms with Crippen LogP contribution in [-0.2, 0) is 24.7 Å². The average Bonchev–Trinajstić information content (AvgIpc) is 3.10. The number of aromatic nitrogens is 2. The molecule has 0 bridgehead atoms. The van der Waals surface area contributed by atoms with Crippen LogP contribution in [0.25, 0.3) is 22.2 Å². The van der Waals surface area contributed by atoms with Gasteiger partial charge in [-0.2, -0.15) is 0 Å². The number of benzene rings is 2. The summed E-state index contributed by atoms with van der Waals surface area (Å²) >= 11 is 0. The largest absolute Gasteiger partial charge is 0.344 e. The first-order valence-electron chi connectivity index (χ1n) is 10.3. The number of amides is 1. The zero-order chi connectivity index (χ0) is 21.3. The van der Waals surface area contributed by atoms with Crippen LogP contribution < -0.4 is 4.90 Å². The van der Waals surface area contributed by atoms with Crippen LogP contribution in [0.4, 0.5) is 5.69 Å². The maximum absolute atomic E-state index is 11.7. The number of hydrogen-bond donors (Lipinski definition) is 0. The van der Waals surface area contributed by atoms with Gasteiger partial charge in [-0.3, -0.25) is 9.78 Å². The van der Waals surface area contributed by atoms with Crippen LogP contribution in [0.3, 0.4) is 0 Å². The number of rotatable bonds is 5. The maximum Gasteiger partial charge on any atom is 0.223 e. The van der Waals surface area contributed by atoms with Crippen molar-refractivity contribution in [3.05, 3.63) is 83.7 Å². The van der Waals surface area contributed by atoms with E-state index in [9.17, 15) is 4.79 Å². The van der Waals surface area contributed by atoms with Gasteiger partial charge in [-0.1, -0.05) is 43.3 Å². The first-order valence-corrected chi connectivity index (χ1v) is 10.3. The van der Waals surface area contributed by atoms with E-state index in [0.29, 0.717) is 0 Å². The van der Waals surface area contributed by atoms with Gasteiger partial charge < -0.3 is 9.47 Å². The monoisotopic (exact) mass is 397 g/mol. The third kappa shape index (κ3) is 3.86. The van der Waals surface area contributed by atoms with Crippen molar-refractivity contribution < 1.29 is 4.79 Å². The van der Waals surface area contributed by atoms with Crippen LogP contribution in [0, 0.1) is 0 Å². The Kier molecular flexibility index (Phi) is 5.40. The van der Waals surface area contributed by atoms with E-state index in [4.69, 9.17) is 4.98 Å². The zero-order valence-electron chi connectivity index (χ0n) is 18.0. The Labute approximate surface area is 177 Å². The molecule has 0 saturated carbocycles. The first kappa shape index (κ1) is 19.9. The van der Waals surface area contributed by atoms with Crippen molar-refractivity contribution in [1.29, 1.82) is 0 Å². The lowest BCUT2D eigenvalue weighted by Gasteiger charge is -2.16. The molecule has 2 aromatic carbocycles. The third-order valence-electron chi connectivity index (χ3n) is 5.80. The maximum atomic E-state index is 11.7. The Morgan fingerprint density at radius 3 is 2.47 bits per heavy atom.